The Balaban J connectivity index is 1.86. The van der Waals surface area contributed by atoms with Crippen molar-refractivity contribution in [3.63, 3.8) is 0 Å². The van der Waals surface area contributed by atoms with Crippen molar-refractivity contribution in [1.82, 2.24) is 5.32 Å². The smallest absolute Gasteiger partial charge is 0.336 e. The first-order valence-corrected chi connectivity index (χ1v) is 7.17. The summed E-state index contributed by atoms with van der Waals surface area (Å²) in [5, 5.41) is 13.7. The number of nitrogens with one attached hydrogen (secondary N) is 1. The Morgan fingerprint density at radius 2 is 1.91 bits per heavy atom. The Morgan fingerprint density at radius 3 is 2.68 bits per heavy atom. The van der Waals surface area contributed by atoms with Crippen molar-refractivity contribution in [2.24, 2.45) is 0 Å². The molecule has 4 heteroatoms. The lowest BCUT2D eigenvalue weighted by atomic mass is 10.1. The number of hydrogen-bond acceptors (Lipinski definition) is 4. The third kappa shape index (κ3) is 3.02. The van der Waals surface area contributed by atoms with Gasteiger partial charge in [-0.1, -0.05) is 30.3 Å². The van der Waals surface area contributed by atoms with Crippen molar-refractivity contribution in [2.75, 3.05) is 0 Å². The van der Waals surface area contributed by atoms with Crippen molar-refractivity contribution >= 4 is 11.0 Å². The molecule has 0 bridgehead atoms. The topological polar surface area (TPSA) is 62.5 Å². The summed E-state index contributed by atoms with van der Waals surface area (Å²) in [6, 6.07) is 16.6. The van der Waals surface area contributed by atoms with Gasteiger partial charge in [-0.05, 0) is 30.2 Å². The zero-order chi connectivity index (χ0) is 15.5. The first-order valence-electron chi connectivity index (χ1n) is 7.17. The fourth-order valence-electron chi connectivity index (χ4n) is 2.49. The maximum atomic E-state index is 11.7. The zero-order valence-corrected chi connectivity index (χ0v) is 12.2. The lowest BCUT2D eigenvalue weighted by Gasteiger charge is -2.15. The molecule has 0 aliphatic heterocycles. The summed E-state index contributed by atoms with van der Waals surface area (Å²) in [4.78, 5) is 11.7. The van der Waals surface area contributed by atoms with Gasteiger partial charge in [0.05, 0.1) is 0 Å². The second kappa shape index (κ2) is 6.03. The monoisotopic (exact) mass is 295 g/mol. The third-order valence-corrected chi connectivity index (χ3v) is 3.71. The SMILES string of the molecule is C[C@H](NCc1cc(=O)oc2cc(O)ccc12)c1ccccc1. The van der Waals surface area contributed by atoms with Crippen LogP contribution in [0.4, 0.5) is 0 Å². The van der Waals surface area contributed by atoms with Gasteiger partial charge in [0.25, 0.3) is 0 Å². The first-order chi connectivity index (χ1) is 10.6. The molecule has 0 unspecified atom stereocenters. The average molecular weight is 295 g/mol. The Morgan fingerprint density at radius 1 is 1.14 bits per heavy atom. The van der Waals surface area contributed by atoms with E-state index in [2.05, 4.69) is 24.4 Å². The summed E-state index contributed by atoms with van der Waals surface area (Å²) in [6.45, 7) is 2.62. The number of fused-ring (bicyclic) bond motifs is 1. The molecule has 112 valence electrons. The van der Waals surface area contributed by atoms with Crippen LogP contribution in [0.5, 0.6) is 5.75 Å². The molecule has 3 aromatic rings. The highest BCUT2D eigenvalue weighted by molar-refractivity contribution is 5.81. The molecule has 0 amide bonds. The molecule has 22 heavy (non-hydrogen) atoms. The van der Waals surface area contributed by atoms with Crippen LogP contribution in [0.25, 0.3) is 11.0 Å². The molecule has 2 aromatic carbocycles. The second-order valence-corrected chi connectivity index (χ2v) is 5.28. The normalized spacial score (nSPS) is 12.4. The molecule has 0 fully saturated rings. The molecule has 0 saturated carbocycles. The van der Waals surface area contributed by atoms with Crippen molar-refractivity contribution in [1.29, 1.82) is 0 Å². The zero-order valence-electron chi connectivity index (χ0n) is 12.2. The number of phenols is 1. The maximum Gasteiger partial charge on any atom is 0.336 e. The summed E-state index contributed by atoms with van der Waals surface area (Å²) in [6.07, 6.45) is 0. The van der Waals surface area contributed by atoms with Gasteiger partial charge in [0.15, 0.2) is 0 Å². The molecule has 0 aliphatic rings. The summed E-state index contributed by atoms with van der Waals surface area (Å²) >= 11 is 0. The number of rotatable bonds is 4. The minimum Gasteiger partial charge on any atom is -0.508 e. The highest BCUT2D eigenvalue weighted by Crippen LogP contribution is 2.22. The van der Waals surface area contributed by atoms with Crippen molar-refractivity contribution in [2.45, 2.75) is 19.5 Å². The summed E-state index contributed by atoms with van der Waals surface area (Å²) in [5.74, 6) is 0.0819. The number of benzene rings is 2. The Labute approximate surface area is 128 Å². The minimum atomic E-state index is -0.415. The average Bonchev–Trinajstić information content (AvgIpc) is 2.52. The molecule has 0 spiro atoms. The highest BCUT2D eigenvalue weighted by atomic mass is 16.4. The largest absolute Gasteiger partial charge is 0.508 e. The van der Waals surface area contributed by atoms with Gasteiger partial charge >= 0.3 is 5.63 Å². The van der Waals surface area contributed by atoms with Gasteiger partial charge in [-0.2, -0.15) is 0 Å². The number of phenolic OH excluding ortho intramolecular Hbond substituents is 1. The van der Waals surface area contributed by atoms with Crippen LogP contribution in [0.2, 0.25) is 0 Å². The Bertz CT molecular complexity index is 840. The van der Waals surface area contributed by atoms with Crippen LogP contribution in [0, 0.1) is 0 Å². The lowest BCUT2D eigenvalue weighted by molar-refractivity contribution is 0.473. The van der Waals surface area contributed by atoms with Gasteiger partial charge in [-0.3, -0.25) is 0 Å². The molecule has 0 saturated heterocycles. The van der Waals surface area contributed by atoms with E-state index < -0.39 is 5.63 Å². The number of hydrogen-bond donors (Lipinski definition) is 2. The van der Waals surface area contributed by atoms with Gasteiger partial charge in [0, 0.05) is 30.1 Å². The molecule has 1 heterocycles. The Hall–Kier alpha value is -2.59. The third-order valence-electron chi connectivity index (χ3n) is 3.71. The standard InChI is InChI=1S/C18H17NO3/c1-12(13-5-3-2-4-6-13)19-11-14-9-18(21)22-17-10-15(20)7-8-16(14)17/h2-10,12,19-20H,11H2,1H3/t12-/m0/s1. The minimum absolute atomic E-state index is 0.0819. The molecular weight excluding hydrogens is 278 g/mol. The van der Waals surface area contributed by atoms with E-state index in [0.717, 1.165) is 10.9 Å². The van der Waals surface area contributed by atoms with Crippen molar-refractivity contribution < 1.29 is 9.52 Å². The fourth-order valence-corrected chi connectivity index (χ4v) is 2.49. The summed E-state index contributed by atoms with van der Waals surface area (Å²) in [7, 11) is 0. The molecule has 0 radical (unpaired) electrons. The van der Waals surface area contributed by atoms with Gasteiger partial charge in [-0.15, -0.1) is 0 Å². The first kappa shape index (κ1) is 14.4. The molecule has 1 aromatic heterocycles. The predicted octanol–water partition coefficient (Wildman–Crippen LogP) is 3.35. The van der Waals surface area contributed by atoms with Crippen LogP contribution < -0.4 is 10.9 Å². The van der Waals surface area contributed by atoms with Crippen LogP contribution in [-0.4, -0.2) is 5.11 Å². The van der Waals surface area contributed by atoms with Crippen LogP contribution in [-0.2, 0) is 6.54 Å². The van der Waals surface area contributed by atoms with E-state index in [1.165, 1.54) is 17.7 Å². The quantitative estimate of drug-likeness (QED) is 0.725. The van der Waals surface area contributed by atoms with Crippen LogP contribution in [0.15, 0.2) is 63.8 Å². The van der Waals surface area contributed by atoms with E-state index in [4.69, 9.17) is 4.42 Å². The molecule has 0 aliphatic carbocycles. The molecule has 2 N–H and O–H groups in total. The van der Waals surface area contributed by atoms with E-state index in [0.29, 0.717) is 12.1 Å². The molecule has 1 atom stereocenters. The van der Waals surface area contributed by atoms with Gasteiger partial charge < -0.3 is 14.8 Å². The van der Waals surface area contributed by atoms with Crippen LogP contribution >= 0.6 is 0 Å². The lowest BCUT2D eigenvalue weighted by Crippen LogP contribution is -2.19. The van der Waals surface area contributed by atoms with E-state index in [1.54, 1.807) is 12.1 Å². The second-order valence-electron chi connectivity index (χ2n) is 5.28. The molecule has 4 nitrogen and oxygen atoms in total. The van der Waals surface area contributed by atoms with Crippen molar-refractivity contribution in [3.8, 4) is 5.75 Å². The highest BCUT2D eigenvalue weighted by Gasteiger charge is 2.09. The predicted molar refractivity (Wildman–Crippen MR) is 85.8 cm³/mol. The summed E-state index contributed by atoms with van der Waals surface area (Å²) < 4.78 is 5.13. The maximum absolute atomic E-state index is 11.7. The van der Waals surface area contributed by atoms with Gasteiger partial charge in [0.2, 0.25) is 0 Å². The van der Waals surface area contributed by atoms with Crippen molar-refractivity contribution in [3.05, 3.63) is 76.1 Å². The van der Waals surface area contributed by atoms with E-state index >= 15 is 0 Å². The van der Waals surface area contributed by atoms with E-state index in [9.17, 15) is 9.90 Å². The van der Waals surface area contributed by atoms with Gasteiger partial charge in [-0.25, -0.2) is 4.79 Å². The van der Waals surface area contributed by atoms with Crippen LogP contribution in [0.3, 0.4) is 0 Å². The summed E-state index contributed by atoms with van der Waals surface area (Å²) in [5.41, 5.74) is 2.03. The van der Waals surface area contributed by atoms with Gasteiger partial charge in [0.1, 0.15) is 11.3 Å². The Kier molecular flexibility index (Phi) is 3.94. The molecule has 3 rings (SSSR count). The molecular formula is C18H17NO3. The van der Waals surface area contributed by atoms with Crippen LogP contribution in [0.1, 0.15) is 24.1 Å². The van der Waals surface area contributed by atoms with E-state index in [1.807, 2.05) is 18.2 Å². The van der Waals surface area contributed by atoms with E-state index in [-0.39, 0.29) is 11.8 Å². The fraction of sp³-hybridized carbons (Fsp3) is 0.167. The number of aromatic hydroxyl groups is 1.